The molecule has 1 unspecified atom stereocenters. The number of nitrogens with zero attached hydrogens (tertiary/aromatic N) is 1. The Balaban J connectivity index is 2.54. The number of benzene rings is 1. The minimum Gasteiger partial charge on any atom is -0.356 e. The van der Waals surface area contributed by atoms with E-state index in [1.54, 1.807) is 0 Å². The first-order valence-electron chi connectivity index (χ1n) is 4.92. The third-order valence-corrected chi connectivity index (χ3v) is 3.70. The molecule has 1 heterocycles. The van der Waals surface area contributed by atoms with Gasteiger partial charge in [0.25, 0.3) is 0 Å². The monoisotopic (exact) mass is 299 g/mol. The van der Waals surface area contributed by atoms with Crippen LogP contribution < -0.4 is 4.90 Å². The van der Waals surface area contributed by atoms with Gasteiger partial charge in [0.15, 0.2) is 0 Å². The van der Waals surface area contributed by atoms with Gasteiger partial charge in [0, 0.05) is 17.8 Å². The van der Waals surface area contributed by atoms with Crippen molar-refractivity contribution < 1.29 is 0 Å². The average Bonchev–Trinajstić information content (AvgIpc) is 2.18. The van der Waals surface area contributed by atoms with E-state index in [4.69, 9.17) is 0 Å². The van der Waals surface area contributed by atoms with Crippen molar-refractivity contribution in [3.8, 4) is 0 Å². The fraction of sp³-hybridized carbons (Fsp3) is 0.333. The molecule has 2 heteroatoms. The summed E-state index contributed by atoms with van der Waals surface area (Å²) >= 11 is 2.48. The van der Waals surface area contributed by atoms with Crippen LogP contribution in [0.4, 0.5) is 5.69 Å². The van der Waals surface area contributed by atoms with Gasteiger partial charge in [0.1, 0.15) is 0 Å². The molecule has 74 valence electrons. The van der Waals surface area contributed by atoms with E-state index in [2.05, 4.69) is 71.7 Å². The van der Waals surface area contributed by atoms with Crippen LogP contribution in [0.3, 0.4) is 0 Å². The molecule has 0 radical (unpaired) electrons. The minimum atomic E-state index is 0.493. The fourth-order valence-corrected chi connectivity index (χ4v) is 3.15. The lowest BCUT2D eigenvalue weighted by Gasteiger charge is -2.33. The molecule has 1 nitrogen and oxygen atoms in total. The Kier molecular flexibility index (Phi) is 2.81. The molecule has 1 aromatic rings. The van der Waals surface area contributed by atoms with Crippen LogP contribution in [0.2, 0.25) is 0 Å². The Hall–Kier alpha value is -0.510. The maximum atomic E-state index is 2.48. The van der Waals surface area contributed by atoms with Crippen LogP contribution in [0.1, 0.15) is 19.4 Å². The predicted molar refractivity (Wildman–Crippen MR) is 70.9 cm³/mol. The summed E-state index contributed by atoms with van der Waals surface area (Å²) in [7, 11) is 0. The lowest BCUT2D eigenvalue weighted by molar-refractivity contribution is 0.876. The Morgan fingerprint density at radius 2 is 2.07 bits per heavy atom. The first-order chi connectivity index (χ1) is 6.74. The van der Waals surface area contributed by atoms with E-state index in [9.17, 15) is 0 Å². The largest absolute Gasteiger partial charge is 0.356 e. The highest BCUT2D eigenvalue weighted by Gasteiger charge is 2.20. The van der Waals surface area contributed by atoms with Gasteiger partial charge in [-0.3, -0.25) is 0 Å². The second-order valence-electron chi connectivity index (χ2n) is 3.53. The summed E-state index contributed by atoms with van der Waals surface area (Å²) in [5.74, 6) is 0. The lowest BCUT2D eigenvalue weighted by atomic mass is 10.0. The maximum Gasteiger partial charge on any atom is 0.0998 e. The van der Waals surface area contributed by atoms with Crippen LogP contribution in [-0.2, 0) is 0 Å². The number of rotatable bonds is 1. The van der Waals surface area contributed by atoms with Crippen molar-refractivity contribution in [3.05, 3.63) is 35.9 Å². The highest BCUT2D eigenvalue weighted by molar-refractivity contribution is 14.1. The normalized spacial score (nSPS) is 20.4. The first-order valence-corrected chi connectivity index (χ1v) is 6.17. The van der Waals surface area contributed by atoms with Crippen LogP contribution in [0.25, 0.3) is 5.57 Å². The zero-order chi connectivity index (χ0) is 10.1. The molecule has 1 aromatic carbocycles. The van der Waals surface area contributed by atoms with Crippen LogP contribution in [0, 0.1) is 0 Å². The SMILES string of the molecule is CCN1c2ccccc2C(C)=CC1I. The van der Waals surface area contributed by atoms with Crippen LogP contribution >= 0.6 is 22.6 Å². The topological polar surface area (TPSA) is 3.24 Å². The number of fused-ring (bicyclic) bond motifs is 1. The molecule has 1 aliphatic heterocycles. The molecule has 0 amide bonds. The summed E-state index contributed by atoms with van der Waals surface area (Å²) in [6.45, 7) is 5.46. The minimum absolute atomic E-state index is 0.493. The number of hydrogen-bond acceptors (Lipinski definition) is 1. The first kappa shape index (κ1) is 10.0. The molecule has 0 bridgehead atoms. The molecular weight excluding hydrogens is 285 g/mol. The smallest absolute Gasteiger partial charge is 0.0998 e. The Labute approximate surface area is 98.9 Å². The van der Waals surface area contributed by atoms with Gasteiger partial charge in [-0.05, 0) is 31.6 Å². The average molecular weight is 299 g/mol. The summed E-state index contributed by atoms with van der Waals surface area (Å²) < 4.78 is 0.493. The van der Waals surface area contributed by atoms with Gasteiger partial charge in [-0.2, -0.15) is 0 Å². The molecule has 0 fully saturated rings. The molecule has 14 heavy (non-hydrogen) atoms. The molecule has 1 aliphatic rings. The molecule has 2 rings (SSSR count). The van der Waals surface area contributed by atoms with Crippen LogP contribution in [0.5, 0.6) is 0 Å². The zero-order valence-electron chi connectivity index (χ0n) is 8.50. The summed E-state index contributed by atoms with van der Waals surface area (Å²) in [6, 6.07) is 8.63. The molecule has 0 N–H and O–H groups in total. The highest BCUT2D eigenvalue weighted by Crippen LogP contribution is 2.35. The number of allylic oxidation sites excluding steroid dienone is 1. The molecule has 0 spiro atoms. The van der Waals surface area contributed by atoms with Gasteiger partial charge in [-0.15, -0.1) is 0 Å². The van der Waals surface area contributed by atoms with E-state index >= 15 is 0 Å². The molecular formula is C12H14IN. The third kappa shape index (κ3) is 1.56. The van der Waals surface area contributed by atoms with Gasteiger partial charge < -0.3 is 4.90 Å². The van der Waals surface area contributed by atoms with Gasteiger partial charge >= 0.3 is 0 Å². The summed E-state index contributed by atoms with van der Waals surface area (Å²) in [6.07, 6.45) is 2.33. The second kappa shape index (κ2) is 3.93. The van der Waals surface area contributed by atoms with Crippen molar-refractivity contribution in [2.45, 2.75) is 17.9 Å². The van der Waals surface area contributed by atoms with Gasteiger partial charge in [-0.25, -0.2) is 0 Å². The number of alkyl halides is 1. The standard InChI is InChI=1S/C12H14IN/c1-3-14-11-7-5-4-6-10(11)9(2)8-12(14)13/h4-8,12H,3H2,1-2H3. The predicted octanol–water partition coefficient (Wildman–Crippen LogP) is 3.69. The number of para-hydroxylation sites is 1. The van der Waals surface area contributed by atoms with E-state index in [-0.39, 0.29) is 0 Å². The number of hydrogen-bond donors (Lipinski definition) is 0. The zero-order valence-corrected chi connectivity index (χ0v) is 10.7. The number of anilines is 1. The second-order valence-corrected chi connectivity index (χ2v) is 4.80. The lowest BCUT2D eigenvalue weighted by Crippen LogP contribution is -2.32. The summed E-state index contributed by atoms with van der Waals surface area (Å²) in [5, 5.41) is 0. The molecule has 0 saturated carbocycles. The summed E-state index contributed by atoms with van der Waals surface area (Å²) in [4.78, 5) is 2.42. The Morgan fingerprint density at radius 3 is 2.79 bits per heavy atom. The van der Waals surface area contributed by atoms with E-state index in [1.807, 2.05) is 0 Å². The van der Waals surface area contributed by atoms with Gasteiger partial charge in [0.2, 0.25) is 0 Å². The van der Waals surface area contributed by atoms with E-state index in [0.29, 0.717) is 4.05 Å². The summed E-state index contributed by atoms with van der Waals surface area (Å²) in [5.41, 5.74) is 4.14. The molecule has 1 atom stereocenters. The van der Waals surface area contributed by atoms with Gasteiger partial charge in [-0.1, -0.05) is 40.8 Å². The molecule has 0 saturated heterocycles. The van der Waals surface area contributed by atoms with Crippen molar-refractivity contribution in [2.75, 3.05) is 11.4 Å². The van der Waals surface area contributed by atoms with Gasteiger partial charge in [0.05, 0.1) is 4.05 Å². The van der Waals surface area contributed by atoms with Crippen molar-refractivity contribution >= 4 is 33.9 Å². The fourth-order valence-electron chi connectivity index (χ4n) is 1.92. The number of halogens is 1. The van der Waals surface area contributed by atoms with Crippen molar-refractivity contribution in [3.63, 3.8) is 0 Å². The molecule has 0 aromatic heterocycles. The van der Waals surface area contributed by atoms with Crippen molar-refractivity contribution in [2.24, 2.45) is 0 Å². The van der Waals surface area contributed by atoms with Crippen LogP contribution in [-0.4, -0.2) is 10.6 Å². The Bertz CT molecular complexity index is 370. The van der Waals surface area contributed by atoms with E-state index < -0.39 is 0 Å². The van der Waals surface area contributed by atoms with Crippen molar-refractivity contribution in [1.82, 2.24) is 0 Å². The number of likely N-dealkylation sites (N-methyl/N-ethyl adjacent to an activating group) is 1. The van der Waals surface area contributed by atoms with E-state index in [0.717, 1.165) is 6.54 Å². The highest BCUT2D eigenvalue weighted by atomic mass is 127. The third-order valence-electron chi connectivity index (χ3n) is 2.66. The quantitative estimate of drug-likeness (QED) is 0.434. The van der Waals surface area contributed by atoms with Crippen molar-refractivity contribution in [1.29, 1.82) is 0 Å². The maximum absolute atomic E-state index is 2.48. The molecule has 0 aliphatic carbocycles. The van der Waals surface area contributed by atoms with E-state index in [1.165, 1.54) is 16.8 Å². The Morgan fingerprint density at radius 1 is 1.36 bits per heavy atom. The van der Waals surface area contributed by atoms with Crippen LogP contribution in [0.15, 0.2) is 30.3 Å².